The number of hydrogen-bond acceptors (Lipinski definition) is 3. The molecule has 0 aliphatic carbocycles. The Labute approximate surface area is 110 Å². The fraction of sp³-hybridized carbons (Fsp3) is 0.385. The fourth-order valence-corrected chi connectivity index (χ4v) is 3.64. The number of likely N-dealkylation sites (N-methyl/N-ethyl adjacent to an activating group) is 1. The van der Waals surface area contributed by atoms with Crippen LogP contribution in [0.5, 0.6) is 0 Å². The first kappa shape index (κ1) is 13.0. The maximum absolute atomic E-state index is 11.8. The minimum Gasteiger partial charge on any atom is -0.479 e. The van der Waals surface area contributed by atoms with Crippen LogP contribution in [-0.4, -0.2) is 34.7 Å². The van der Waals surface area contributed by atoms with Crippen molar-refractivity contribution in [2.24, 2.45) is 0 Å². The van der Waals surface area contributed by atoms with E-state index in [1.807, 2.05) is 24.3 Å². The quantitative estimate of drug-likeness (QED) is 0.845. The molecule has 0 fully saturated rings. The first-order valence-corrected chi connectivity index (χ1v) is 6.83. The lowest BCUT2D eigenvalue weighted by molar-refractivity contribution is -0.156. The minimum absolute atomic E-state index is 0.384. The summed E-state index contributed by atoms with van der Waals surface area (Å²) in [5, 5.41) is 9.66. The van der Waals surface area contributed by atoms with Crippen molar-refractivity contribution in [2.75, 3.05) is 12.3 Å². The van der Waals surface area contributed by atoms with E-state index in [0.717, 1.165) is 10.5 Å². The Bertz CT molecular complexity index is 477. The third-order valence-electron chi connectivity index (χ3n) is 3.37. The van der Waals surface area contributed by atoms with Crippen molar-refractivity contribution < 1.29 is 14.7 Å². The van der Waals surface area contributed by atoms with Gasteiger partial charge in [0.2, 0.25) is 6.41 Å². The van der Waals surface area contributed by atoms with Gasteiger partial charge in [0.25, 0.3) is 0 Å². The predicted octanol–water partition coefficient (Wildman–Crippen LogP) is 1.94. The molecule has 2 rings (SSSR count). The minimum atomic E-state index is -1.21. The van der Waals surface area contributed by atoms with Gasteiger partial charge in [0, 0.05) is 22.8 Å². The Kier molecular flexibility index (Phi) is 3.61. The van der Waals surface area contributed by atoms with E-state index in [0.29, 0.717) is 25.1 Å². The molecule has 0 spiro atoms. The van der Waals surface area contributed by atoms with Gasteiger partial charge in [-0.25, -0.2) is 4.79 Å². The van der Waals surface area contributed by atoms with E-state index in [-0.39, 0.29) is 0 Å². The standard InChI is InChI=1S/C13H15NO3S/c1-2-14(9-15)13(12(16)17)7-8-18-11-6-4-3-5-10(11)13/h3-6,9H,2,7-8H2,1H3,(H,16,17). The van der Waals surface area contributed by atoms with Crippen molar-refractivity contribution in [1.29, 1.82) is 0 Å². The number of carboxylic acid groups (broad SMARTS) is 1. The summed E-state index contributed by atoms with van der Waals surface area (Å²) in [4.78, 5) is 25.3. The van der Waals surface area contributed by atoms with Crippen LogP contribution >= 0.6 is 11.8 Å². The van der Waals surface area contributed by atoms with E-state index >= 15 is 0 Å². The van der Waals surface area contributed by atoms with Crippen LogP contribution in [0, 0.1) is 0 Å². The number of carboxylic acids is 1. The lowest BCUT2D eigenvalue weighted by atomic mass is 9.85. The summed E-state index contributed by atoms with van der Waals surface area (Å²) in [5.74, 6) is -0.252. The maximum Gasteiger partial charge on any atom is 0.334 e. The lowest BCUT2D eigenvalue weighted by Gasteiger charge is -2.41. The maximum atomic E-state index is 11.8. The molecule has 4 nitrogen and oxygen atoms in total. The van der Waals surface area contributed by atoms with Crippen LogP contribution in [0.25, 0.3) is 0 Å². The molecular weight excluding hydrogens is 250 g/mol. The number of fused-ring (bicyclic) bond motifs is 1. The molecule has 1 aromatic carbocycles. The second-order valence-corrected chi connectivity index (χ2v) is 5.29. The molecule has 0 saturated carbocycles. The Hall–Kier alpha value is -1.49. The fourth-order valence-electron chi connectivity index (χ4n) is 2.46. The molecule has 0 bridgehead atoms. The smallest absolute Gasteiger partial charge is 0.334 e. The highest BCUT2D eigenvalue weighted by molar-refractivity contribution is 7.99. The number of benzene rings is 1. The summed E-state index contributed by atoms with van der Waals surface area (Å²) in [6, 6.07) is 7.43. The van der Waals surface area contributed by atoms with E-state index in [2.05, 4.69) is 0 Å². The molecule has 18 heavy (non-hydrogen) atoms. The van der Waals surface area contributed by atoms with Crippen LogP contribution in [0.3, 0.4) is 0 Å². The summed E-state index contributed by atoms with van der Waals surface area (Å²) in [6.07, 6.45) is 1.08. The van der Waals surface area contributed by atoms with Gasteiger partial charge in [-0.05, 0) is 19.4 Å². The lowest BCUT2D eigenvalue weighted by Crippen LogP contribution is -2.53. The van der Waals surface area contributed by atoms with Crippen molar-refractivity contribution >= 4 is 24.1 Å². The molecule has 96 valence electrons. The molecule has 1 aromatic rings. The Morgan fingerprint density at radius 3 is 2.89 bits per heavy atom. The van der Waals surface area contributed by atoms with E-state index in [1.54, 1.807) is 18.7 Å². The number of hydrogen-bond donors (Lipinski definition) is 1. The van der Waals surface area contributed by atoms with Gasteiger partial charge in [-0.1, -0.05) is 18.2 Å². The van der Waals surface area contributed by atoms with E-state index in [1.165, 1.54) is 4.90 Å². The summed E-state index contributed by atoms with van der Waals surface area (Å²) >= 11 is 1.64. The van der Waals surface area contributed by atoms with Gasteiger partial charge < -0.3 is 10.0 Å². The first-order chi connectivity index (χ1) is 8.66. The van der Waals surface area contributed by atoms with Crippen LogP contribution < -0.4 is 0 Å². The highest BCUT2D eigenvalue weighted by Gasteiger charge is 2.48. The predicted molar refractivity (Wildman–Crippen MR) is 69.5 cm³/mol. The summed E-state index contributed by atoms with van der Waals surface area (Å²) in [6.45, 7) is 2.18. The van der Waals surface area contributed by atoms with Crippen molar-refractivity contribution in [3.63, 3.8) is 0 Å². The van der Waals surface area contributed by atoms with Gasteiger partial charge >= 0.3 is 5.97 Å². The normalized spacial score (nSPS) is 22.1. The first-order valence-electron chi connectivity index (χ1n) is 5.84. The molecule has 1 aliphatic heterocycles. The molecule has 1 aliphatic rings. The van der Waals surface area contributed by atoms with E-state index in [9.17, 15) is 14.7 Å². The molecule has 1 N–H and O–H groups in total. The van der Waals surface area contributed by atoms with Gasteiger partial charge in [0.15, 0.2) is 5.54 Å². The molecule has 0 radical (unpaired) electrons. The third-order valence-corrected chi connectivity index (χ3v) is 4.44. The van der Waals surface area contributed by atoms with Gasteiger partial charge in [-0.15, -0.1) is 11.8 Å². The van der Waals surface area contributed by atoms with Crippen LogP contribution in [0.15, 0.2) is 29.2 Å². The zero-order chi connectivity index (χ0) is 13.2. The zero-order valence-electron chi connectivity index (χ0n) is 10.1. The molecular formula is C13H15NO3S. The summed E-state index contributed by atoms with van der Waals surface area (Å²) < 4.78 is 0. The molecule has 1 amide bonds. The number of thioether (sulfide) groups is 1. The Morgan fingerprint density at radius 1 is 1.56 bits per heavy atom. The topological polar surface area (TPSA) is 57.6 Å². The Morgan fingerprint density at radius 2 is 2.28 bits per heavy atom. The van der Waals surface area contributed by atoms with Crippen molar-refractivity contribution in [2.45, 2.75) is 23.8 Å². The monoisotopic (exact) mass is 265 g/mol. The second-order valence-electron chi connectivity index (χ2n) is 4.15. The van der Waals surface area contributed by atoms with Crippen molar-refractivity contribution in [3.05, 3.63) is 29.8 Å². The summed E-state index contributed by atoms with van der Waals surface area (Å²) in [7, 11) is 0. The summed E-state index contributed by atoms with van der Waals surface area (Å²) in [5.41, 5.74) is -0.485. The molecule has 1 atom stereocenters. The van der Waals surface area contributed by atoms with Crippen LogP contribution in [0.2, 0.25) is 0 Å². The highest BCUT2D eigenvalue weighted by atomic mass is 32.2. The molecule has 1 unspecified atom stereocenters. The molecule has 1 heterocycles. The number of rotatable bonds is 4. The van der Waals surface area contributed by atoms with E-state index < -0.39 is 11.5 Å². The van der Waals surface area contributed by atoms with E-state index in [4.69, 9.17) is 0 Å². The van der Waals surface area contributed by atoms with Gasteiger partial charge in [0.05, 0.1) is 0 Å². The van der Waals surface area contributed by atoms with Crippen LogP contribution in [-0.2, 0) is 15.1 Å². The van der Waals surface area contributed by atoms with Crippen LogP contribution in [0.4, 0.5) is 0 Å². The number of amides is 1. The largest absolute Gasteiger partial charge is 0.479 e. The SMILES string of the molecule is CCN(C=O)C1(C(=O)O)CCSc2ccccc21. The Balaban J connectivity index is 2.63. The third kappa shape index (κ3) is 1.79. The number of nitrogens with zero attached hydrogens (tertiary/aromatic N) is 1. The van der Waals surface area contributed by atoms with Gasteiger partial charge in [-0.2, -0.15) is 0 Å². The highest BCUT2D eigenvalue weighted by Crippen LogP contribution is 2.43. The van der Waals surface area contributed by atoms with Gasteiger partial charge in [-0.3, -0.25) is 4.79 Å². The van der Waals surface area contributed by atoms with Gasteiger partial charge in [0.1, 0.15) is 0 Å². The molecule has 0 aromatic heterocycles. The van der Waals surface area contributed by atoms with Crippen molar-refractivity contribution in [3.8, 4) is 0 Å². The van der Waals surface area contributed by atoms with Crippen LogP contribution in [0.1, 0.15) is 18.9 Å². The average molecular weight is 265 g/mol. The number of carbonyl (C=O) groups excluding carboxylic acids is 1. The second kappa shape index (κ2) is 5.02. The molecule has 5 heteroatoms. The molecule has 0 saturated heterocycles. The number of carbonyl (C=O) groups is 2. The average Bonchev–Trinajstić information content (AvgIpc) is 2.40. The number of aliphatic carboxylic acids is 1. The van der Waals surface area contributed by atoms with Crippen molar-refractivity contribution in [1.82, 2.24) is 4.90 Å². The zero-order valence-corrected chi connectivity index (χ0v) is 10.9.